The summed E-state index contributed by atoms with van der Waals surface area (Å²) in [5.74, 6) is 1.20. The molecule has 0 aliphatic heterocycles. The fraction of sp³-hybridized carbons (Fsp3) is 0.0667. The number of hydrogen-bond acceptors (Lipinski definition) is 1. The summed E-state index contributed by atoms with van der Waals surface area (Å²) >= 11 is 5.88. The van der Waals surface area contributed by atoms with Crippen molar-refractivity contribution in [2.45, 2.75) is 6.67 Å². The second kappa shape index (κ2) is 5.69. The average Bonchev–Trinajstić information content (AvgIpc) is 2.39. The molecule has 0 aliphatic carbocycles. The summed E-state index contributed by atoms with van der Waals surface area (Å²) in [5, 5.41) is 0.461. The van der Waals surface area contributed by atoms with Crippen LogP contribution in [-0.4, -0.2) is 0 Å². The molecule has 18 heavy (non-hydrogen) atoms. The Morgan fingerprint density at radius 2 is 1.83 bits per heavy atom. The average molecular weight is 263 g/mol. The Morgan fingerprint density at radius 1 is 1.11 bits per heavy atom. The summed E-state index contributed by atoms with van der Waals surface area (Å²) in [7, 11) is 0. The van der Waals surface area contributed by atoms with Crippen LogP contribution < -0.4 is 4.74 Å². The molecule has 0 bridgehead atoms. The van der Waals surface area contributed by atoms with Crippen molar-refractivity contribution in [2.24, 2.45) is 0 Å². The zero-order chi connectivity index (χ0) is 13.0. The third-order valence-corrected chi connectivity index (χ3v) is 2.66. The molecule has 0 aliphatic rings. The highest BCUT2D eigenvalue weighted by Gasteiger charge is 2.02. The SMILES string of the molecule is C=Cc1ccc(Oc2cc(Cl)cc(CF)c2)cc1. The normalized spacial score (nSPS) is 10.1. The van der Waals surface area contributed by atoms with E-state index in [9.17, 15) is 4.39 Å². The Hall–Kier alpha value is -1.80. The second-order valence-corrected chi connectivity index (χ2v) is 4.24. The maximum atomic E-state index is 12.6. The minimum Gasteiger partial charge on any atom is -0.457 e. The number of rotatable bonds is 4. The van der Waals surface area contributed by atoms with Gasteiger partial charge in [-0.1, -0.05) is 36.4 Å². The van der Waals surface area contributed by atoms with Gasteiger partial charge in [-0.05, 0) is 41.5 Å². The standard InChI is InChI=1S/C15H12ClFO/c1-2-11-3-5-14(6-4-11)18-15-8-12(10-17)7-13(16)9-15/h2-9H,1,10H2. The predicted molar refractivity (Wildman–Crippen MR) is 72.9 cm³/mol. The quantitative estimate of drug-likeness (QED) is 0.732. The van der Waals surface area contributed by atoms with Gasteiger partial charge >= 0.3 is 0 Å². The van der Waals surface area contributed by atoms with Crippen molar-refractivity contribution in [3.8, 4) is 11.5 Å². The van der Waals surface area contributed by atoms with Crippen LogP contribution in [0.4, 0.5) is 4.39 Å². The summed E-state index contributed by atoms with van der Waals surface area (Å²) in [5.41, 5.74) is 1.51. The summed E-state index contributed by atoms with van der Waals surface area (Å²) in [6.07, 6.45) is 1.75. The molecule has 92 valence electrons. The topological polar surface area (TPSA) is 9.23 Å². The van der Waals surface area contributed by atoms with Crippen LogP contribution in [0.3, 0.4) is 0 Å². The van der Waals surface area contributed by atoms with Gasteiger partial charge in [0.1, 0.15) is 18.2 Å². The monoisotopic (exact) mass is 262 g/mol. The van der Waals surface area contributed by atoms with E-state index in [1.165, 1.54) is 0 Å². The van der Waals surface area contributed by atoms with Crippen LogP contribution in [0.2, 0.25) is 5.02 Å². The lowest BCUT2D eigenvalue weighted by Gasteiger charge is -2.07. The first-order valence-electron chi connectivity index (χ1n) is 5.47. The van der Waals surface area contributed by atoms with Crippen molar-refractivity contribution in [1.29, 1.82) is 0 Å². The lowest BCUT2D eigenvalue weighted by molar-refractivity contribution is 0.468. The Morgan fingerprint density at radius 3 is 2.44 bits per heavy atom. The van der Waals surface area contributed by atoms with Crippen molar-refractivity contribution < 1.29 is 9.13 Å². The Balaban J connectivity index is 2.21. The van der Waals surface area contributed by atoms with Crippen LogP contribution >= 0.6 is 11.6 Å². The van der Waals surface area contributed by atoms with Gasteiger partial charge < -0.3 is 4.74 Å². The van der Waals surface area contributed by atoms with Gasteiger partial charge in [0.05, 0.1) is 0 Å². The second-order valence-electron chi connectivity index (χ2n) is 3.80. The molecular formula is C15H12ClFO. The fourth-order valence-electron chi connectivity index (χ4n) is 1.56. The highest BCUT2D eigenvalue weighted by molar-refractivity contribution is 6.30. The number of benzene rings is 2. The number of alkyl halides is 1. The van der Waals surface area contributed by atoms with E-state index >= 15 is 0 Å². The van der Waals surface area contributed by atoms with Crippen LogP contribution in [0, 0.1) is 0 Å². The van der Waals surface area contributed by atoms with Crippen molar-refractivity contribution in [3.05, 3.63) is 65.2 Å². The zero-order valence-corrected chi connectivity index (χ0v) is 10.5. The highest BCUT2D eigenvalue weighted by Crippen LogP contribution is 2.26. The van der Waals surface area contributed by atoms with Gasteiger partial charge in [0.2, 0.25) is 0 Å². The van der Waals surface area contributed by atoms with Crippen LogP contribution in [0.1, 0.15) is 11.1 Å². The molecule has 2 aromatic carbocycles. The van der Waals surface area contributed by atoms with Crippen LogP contribution in [-0.2, 0) is 6.67 Å². The minimum atomic E-state index is -0.563. The maximum Gasteiger partial charge on any atom is 0.129 e. The summed E-state index contributed by atoms with van der Waals surface area (Å²) in [6, 6.07) is 12.3. The Bertz CT molecular complexity index is 549. The van der Waals surface area contributed by atoms with Crippen molar-refractivity contribution in [3.63, 3.8) is 0 Å². The predicted octanol–water partition coefficient (Wildman–Crippen LogP) is 5.24. The molecule has 0 unspecified atom stereocenters. The molecular weight excluding hydrogens is 251 g/mol. The van der Waals surface area contributed by atoms with Crippen LogP contribution in [0.5, 0.6) is 11.5 Å². The van der Waals surface area contributed by atoms with E-state index in [0.29, 0.717) is 22.1 Å². The van der Waals surface area contributed by atoms with E-state index in [1.54, 1.807) is 24.3 Å². The molecule has 0 spiro atoms. The summed E-state index contributed by atoms with van der Waals surface area (Å²) in [6.45, 7) is 3.12. The third-order valence-electron chi connectivity index (χ3n) is 2.44. The Labute approximate surface area is 110 Å². The van der Waals surface area contributed by atoms with E-state index in [4.69, 9.17) is 16.3 Å². The van der Waals surface area contributed by atoms with Crippen molar-refractivity contribution >= 4 is 17.7 Å². The first kappa shape index (κ1) is 12.7. The number of halogens is 2. The molecule has 0 fully saturated rings. The van der Waals surface area contributed by atoms with E-state index < -0.39 is 6.67 Å². The molecule has 0 saturated carbocycles. The summed E-state index contributed by atoms with van der Waals surface area (Å²) in [4.78, 5) is 0. The van der Waals surface area contributed by atoms with Gasteiger partial charge in [-0.25, -0.2) is 4.39 Å². The van der Waals surface area contributed by atoms with Crippen LogP contribution in [0.25, 0.3) is 6.08 Å². The molecule has 0 aromatic heterocycles. The fourth-order valence-corrected chi connectivity index (χ4v) is 1.81. The Kier molecular flexibility index (Phi) is 4.00. The lowest BCUT2D eigenvalue weighted by atomic mass is 10.2. The number of ether oxygens (including phenoxy) is 1. The van der Waals surface area contributed by atoms with Gasteiger partial charge in [-0.3, -0.25) is 0 Å². The molecule has 0 atom stereocenters. The molecule has 0 amide bonds. The first-order chi connectivity index (χ1) is 8.71. The van der Waals surface area contributed by atoms with Gasteiger partial charge in [0.25, 0.3) is 0 Å². The van der Waals surface area contributed by atoms with Gasteiger partial charge in [-0.15, -0.1) is 0 Å². The van der Waals surface area contributed by atoms with Gasteiger partial charge in [0.15, 0.2) is 0 Å². The molecule has 0 radical (unpaired) electrons. The molecule has 3 heteroatoms. The van der Waals surface area contributed by atoms with E-state index in [-0.39, 0.29) is 0 Å². The van der Waals surface area contributed by atoms with E-state index in [0.717, 1.165) is 5.56 Å². The molecule has 2 aromatic rings. The molecule has 1 nitrogen and oxygen atoms in total. The molecule has 0 heterocycles. The largest absolute Gasteiger partial charge is 0.457 e. The first-order valence-corrected chi connectivity index (χ1v) is 5.85. The molecule has 0 N–H and O–H groups in total. The van der Waals surface area contributed by atoms with Crippen molar-refractivity contribution in [2.75, 3.05) is 0 Å². The van der Waals surface area contributed by atoms with Gasteiger partial charge in [-0.2, -0.15) is 0 Å². The zero-order valence-electron chi connectivity index (χ0n) is 9.70. The van der Waals surface area contributed by atoms with Crippen molar-refractivity contribution in [1.82, 2.24) is 0 Å². The third kappa shape index (κ3) is 3.11. The minimum absolute atomic E-state index is 0.461. The molecule has 2 rings (SSSR count). The highest BCUT2D eigenvalue weighted by atomic mass is 35.5. The maximum absolute atomic E-state index is 12.6. The van der Waals surface area contributed by atoms with Gasteiger partial charge in [0, 0.05) is 5.02 Å². The molecule has 0 saturated heterocycles. The van der Waals surface area contributed by atoms with Crippen LogP contribution in [0.15, 0.2) is 49.0 Å². The number of hydrogen-bond donors (Lipinski definition) is 0. The lowest BCUT2D eigenvalue weighted by Crippen LogP contribution is -1.87. The van der Waals surface area contributed by atoms with E-state index in [1.807, 2.05) is 24.3 Å². The summed E-state index contributed by atoms with van der Waals surface area (Å²) < 4.78 is 18.2. The van der Waals surface area contributed by atoms with E-state index in [2.05, 4.69) is 6.58 Å². The smallest absolute Gasteiger partial charge is 0.129 e.